The molecule has 0 saturated heterocycles. The van der Waals surface area contributed by atoms with Crippen molar-refractivity contribution in [2.75, 3.05) is 19.3 Å². The number of aromatic nitrogens is 1. The molecule has 0 saturated carbocycles. The maximum atomic E-state index is 11.9. The Balaban J connectivity index is 2.35. The minimum Gasteiger partial charge on any atom is -0.407 e. The van der Waals surface area contributed by atoms with Gasteiger partial charge in [0.25, 0.3) is 0 Å². The first-order valence-electron chi connectivity index (χ1n) is 5.72. The van der Waals surface area contributed by atoms with Crippen LogP contribution in [0.3, 0.4) is 0 Å². The van der Waals surface area contributed by atoms with Crippen molar-refractivity contribution in [3.63, 3.8) is 0 Å². The number of nitrogens with one attached hydrogen (secondary N) is 1. The third-order valence-electron chi connectivity index (χ3n) is 2.67. The molecule has 6 nitrogen and oxygen atoms in total. The lowest BCUT2D eigenvalue weighted by molar-refractivity contribution is 0.0896. The Morgan fingerprint density at radius 2 is 2.28 bits per heavy atom. The monoisotopic (exact) mass is 249 g/mol. The van der Waals surface area contributed by atoms with Crippen molar-refractivity contribution in [1.29, 1.82) is 0 Å². The number of oxazole rings is 1. The normalized spacial score (nSPS) is 10.9. The summed E-state index contributed by atoms with van der Waals surface area (Å²) in [4.78, 5) is 23.6. The third-order valence-corrected chi connectivity index (χ3v) is 2.67. The second-order valence-electron chi connectivity index (χ2n) is 4.03. The lowest BCUT2D eigenvalue weighted by Crippen LogP contribution is -2.23. The first-order valence-corrected chi connectivity index (χ1v) is 5.72. The lowest BCUT2D eigenvalue weighted by Gasteiger charge is -2.01. The van der Waals surface area contributed by atoms with E-state index in [9.17, 15) is 9.59 Å². The smallest absolute Gasteiger partial charge is 0.407 e. The Hall–Kier alpha value is -2.08. The minimum atomic E-state index is -0.662. The Morgan fingerprint density at radius 3 is 3.00 bits per heavy atom. The fraction of sp³-hybridized carbons (Fsp3) is 0.333. The van der Waals surface area contributed by atoms with Crippen molar-refractivity contribution < 1.29 is 9.21 Å². The van der Waals surface area contributed by atoms with Gasteiger partial charge in [0.15, 0.2) is 5.58 Å². The van der Waals surface area contributed by atoms with E-state index in [1.54, 1.807) is 12.1 Å². The summed E-state index contributed by atoms with van der Waals surface area (Å²) in [6.07, 6.45) is 0.961. The van der Waals surface area contributed by atoms with Crippen LogP contribution in [0, 0.1) is 0 Å². The fourth-order valence-electron chi connectivity index (χ4n) is 1.80. The summed E-state index contributed by atoms with van der Waals surface area (Å²) in [5.74, 6) is -0.927. The molecule has 0 amide bonds. The maximum absolute atomic E-state index is 11.9. The number of hydrogen-bond acceptors (Lipinski definition) is 5. The number of nitrogen functional groups attached to an aromatic ring is 1. The van der Waals surface area contributed by atoms with E-state index in [2.05, 4.69) is 5.32 Å². The highest BCUT2D eigenvalue weighted by Crippen LogP contribution is 2.16. The van der Waals surface area contributed by atoms with Crippen molar-refractivity contribution in [2.45, 2.75) is 12.8 Å². The number of rotatable bonds is 4. The molecule has 0 aliphatic heterocycles. The van der Waals surface area contributed by atoms with Gasteiger partial charge in [-0.25, -0.2) is 9.36 Å². The highest BCUT2D eigenvalue weighted by Gasteiger charge is 2.15. The van der Waals surface area contributed by atoms with Gasteiger partial charge in [-0.3, -0.25) is 4.79 Å². The second-order valence-corrected chi connectivity index (χ2v) is 4.03. The average molecular weight is 249 g/mol. The van der Waals surface area contributed by atoms with Crippen LogP contribution >= 0.6 is 0 Å². The first kappa shape index (κ1) is 12.4. The maximum Gasteiger partial charge on any atom is 0.426 e. The highest BCUT2D eigenvalue weighted by molar-refractivity contribution is 5.90. The molecule has 2 rings (SSSR count). The van der Waals surface area contributed by atoms with Crippen LogP contribution in [0.4, 0.5) is 5.69 Å². The number of carbonyl (C=O) groups is 1. The number of hydrogen-bond donors (Lipinski definition) is 2. The van der Waals surface area contributed by atoms with Crippen LogP contribution in [-0.4, -0.2) is 24.1 Å². The summed E-state index contributed by atoms with van der Waals surface area (Å²) >= 11 is 0. The summed E-state index contributed by atoms with van der Waals surface area (Å²) in [5.41, 5.74) is 6.88. The molecule has 0 aliphatic rings. The molecule has 6 heteroatoms. The van der Waals surface area contributed by atoms with Gasteiger partial charge in [0.2, 0.25) is 5.91 Å². The zero-order valence-corrected chi connectivity index (χ0v) is 10.1. The molecule has 0 spiro atoms. The molecule has 1 aromatic carbocycles. The molecule has 0 aliphatic carbocycles. The van der Waals surface area contributed by atoms with E-state index >= 15 is 0 Å². The minimum absolute atomic E-state index is 0.265. The molecule has 1 heterocycles. The molecule has 0 unspecified atom stereocenters. The standard InChI is InChI=1S/C12H15N3O3/c1-14-6-2-3-11(16)15-9-5-4-8(13)7-10(9)18-12(15)17/h4-5,7,14H,2-3,6,13H2,1H3. The van der Waals surface area contributed by atoms with Crippen molar-refractivity contribution >= 4 is 22.7 Å². The van der Waals surface area contributed by atoms with Gasteiger partial charge in [-0.05, 0) is 32.1 Å². The van der Waals surface area contributed by atoms with Crippen molar-refractivity contribution in [3.05, 3.63) is 28.7 Å². The topological polar surface area (TPSA) is 90.3 Å². The molecular formula is C12H15N3O3. The highest BCUT2D eigenvalue weighted by atomic mass is 16.4. The van der Waals surface area contributed by atoms with E-state index in [0.29, 0.717) is 29.6 Å². The van der Waals surface area contributed by atoms with Crippen LogP contribution in [0.25, 0.3) is 11.1 Å². The summed E-state index contributed by atoms with van der Waals surface area (Å²) < 4.78 is 6.06. The molecule has 0 fully saturated rings. The van der Waals surface area contributed by atoms with E-state index in [4.69, 9.17) is 10.2 Å². The zero-order valence-electron chi connectivity index (χ0n) is 10.1. The summed E-state index contributed by atoms with van der Waals surface area (Å²) in [5, 5.41) is 2.95. The SMILES string of the molecule is CNCCCC(=O)n1c(=O)oc2cc(N)ccc21. The van der Waals surface area contributed by atoms with Crippen LogP contribution in [0.15, 0.2) is 27.4 Å². The Bertz CT molecular complexity index is 627. The van der Waals surface area contributed by atoms with E-state index in [0.717, 1.165) is 11.1 Å². The van der Waals surface area contributed by atoms with Crippen molar-refractivity contribution in [2.24, 2.45) is 0 Å². The fourth-order valence-corrected chi connectivity index (χ4v) is 1.80. The number of benzene rings is 1. The van der Waals surface area contributed by atoms with Gasteiger partial charge in [0.05, 0.1) is 5.52 Å². The Morgan fingerprint density at radius 1 is 1.50 bits per heavy atom. The van der Waals surface area contributed by atoms with E-state index in [-0.39, 0.29) is 5.91 Å². The summed E-state index contributed by atoms with van der Waals surface area (Å²) in [6, 6.07) is 4.79. The van der Waals surface area contributed by atoms with Gasteiger partial charge >= 0.3 is 5.76 Å². The summed E-state index contributed by atoms with van der Waals surface area (Å²) in [7, 11) is 1.81. The molecule has 18 heavy (non-hydrogen) atoms. The van der Waals surface area contributed by atoms with Gasteiger partial charge in [-0.15, -0.1) is 0 Å². The molecule has 0 radical (unpaired) electrons. The number of nitrogens with two attached hydrogens (primary N) is 1. The van der Waals surface area contributed by atoms with Crippen molar-refractivity contribution in [1.82, 2.24) is 9.88 Å². The van der Waals surface area contributed by atoms with Crippen LogP contribution in [0.1, 0.15) is 17.6 Å². The van der Waals surface area contributed by atoms with Gasteiger partial charge in [-0.2, -0.15) is 0 Å². The molecule has 2 aromatic rings. The quantitative estimate of drug-likeness (QED) is 0.618. The number of anilines is 1. The second kappa shape index (κ2) is 5.05. The van der Waals surface area contributed by atoms with Gasteiger partial charge in [0, 0.05) is 18.2 Å². The predicted molar refractivity (Wildman–Crippen MR) is 68.7 cm³/mol. The molecule has 1 aromatic heterocycles. The average Bonchev–Trinajstić information content (AvgIpc) is 2.64. The van der Waals surface area contributed by atoms with E-state index < -0.39 is 5.76 Å². The molecule has 0 bridgehead atoms. The van der Waals surface area contributed by atoms with Crippen molar-refractivity contribution in [3.8, 4) is 0 Å². The lowest BCUT2D eigenvalue weighted by atomic mass is 10.2. The molecule has 3 N–H and O–H groups in total. The number of carbonyl (C=O) groups excluding carboxylic acids is 1. The predicted octanol–water partition coefficient (Wildman–Crippen LogP) is 0.816. The number of fused-ring (bicyclic) bond motifs is 1. The Labute approximate surface area is 103 Å². The number of nitrogens with zero attached hydrogens (tertiary/aromatic N) is 1. The van der Waals surface area contributed by atoms with Crippen LogP contribution < -0.4 is 16.8 Å². The summed E-state index contributed by atoms with van der Waals surface area (Å²) in [6.45, 7) is 0.725. The molecular weight excluding hydrogens is 234 g/mol. The van der Waals surface area contributed by atoms with Gasteiger partial charge < -0.3 is 15.5 Å². The Kier molecular flexibility index (Phi) is 3.47. The van der Waals surface area contributed by atoms with E-state index in [1.165, 1.54) is 6.07 Å². The van der Waals surface area contributed by atoms with Crippen LogP contribution in [-0.2, 0) is 0 Å². The molecule has 0 atom stereocenters. The van der Waals surface area contributed by atoms with Gasteiger partial charge in [0.1, 0.15) is 0 Å². The zero-order chi connectivity index (χ0) is 13.1. The van der Waals surface area contributed by atoms with E-state index in [1.807, 2.05) is 7.05 Å². The van der Waals surface area contributed by atoms with Gasteiger partial charge in [-0.1, -0.05) is 0 Å². The van der Waals surface area contributed by atoms with Crippen LogP contribution in [0.5, 0.6) is 0 Å². The third kappa shape index (κ3) is 2.28. The molecule has 96 valence electrons. The largest absolute Gasteiger partial charge is 0.426 e. The first-order chi connectivity index (χ1) is 8.63. The van der Waals surface area contributed by atoms with Crippen LogP contribution in [0.2, 0.25) is 0 Å².